The summed E-state index contributed by atoms with van der Waals surface area (Å²) in [6.45, 7) is 2.61. The van der Waals surface area contributed by atoms with Crippen LogP contribution in [0.3, 0.4) is 0 Å². The van der Waals surface area contributed by atoms with Crippen molar-refractivity contribution in [2.75, 3.05) is 37.2 Å². The van der Waals surface area contributed by atoms with Crippen molar-refractivity contribution < 1.29 is 19.0 Å². The summed E-state index contributed by atoms with van der Waals surface area (Å²) < 4.78 is 17.3. The van der Waals surface area contributed by atoms with Crippen LogP contribution in [-0.4, -0.2) is 33.3 Å². The van der Waals surface area contributed by atoms with Gasteiger partial charge in [0.1, 0.15) is 5.70 Å². The first-order chi connectivity index (χ1) is 16.5. The second-order valence-electron chi connectivity index (χ2n) is 8.29. The minimum absolute atomic E-state index is 0.175. The smallest absolute Gasteiger partial charge is 0.278 e. The third kappa shape index (κ3) is 4.01. The molecule has 0 fully saturated rings. The Bertz CT molecular complexity index is 1220. The fourth-order valence-electron chi connectivity index (χ4n) is 4.10. The van der Waals surface area contributed by atoms with Gasteiger partial charge in [-0.1, -0.05) is 30.3 Å². The molecule has 5 rings (SSSR count). The van der Waals surface area contributed by atoms with E-state index in [0.29, 0.717) is 29.5 Å². The van der Waals surface area contributed by atoms with Crippen molar-refractivity contribution in [2.24, 2.45) is 0 Å². The SMILES string of the molecule is CCN(C(=O)C1=C(c2ccc(N(C)C)cc2)OC(c2ccccc2)N1)c1ccc2c(c1)OCO2. The lowest BCUT2D eigenvalue weighted by atomic mass is 10.1. The molecule has 174 valence electrons. The Hall–Kier alpha value is -4.13. The highest BCUT2D eigenvalue weighted by Crippen LogP contribution is 2.38. The van der Waals surface area contributed by atoms with E-state index in [2.05, 4.69) is 5.32 Å². The first kappa shape index (κ1) is 21.7. The van der Waals surface area contributed by atoms with Crippen molar-refractivity contribution >= 4 is 23.0 Å². The fraction of sp³-hybridized carbons (Fsp3) is 0.222. The second-order valence-corrected chi connectivity index (χ2v) is 8.29. The summed E-state index contributed by atoms with van der Waals surface area (Å²) in [5, 5.41) is 3.33. The van der Waals surface area contributed by atoms with Crippen LogP contribution in [-0.2, 0) is 9.53 Å². The summed E-state index contributed by atoms with van der Waals surface area (Å²) in [5.41, 5.74) is 4.00. The van der Waals surface area contributed by atoms with E-state index in [1.54, 1.807) is 4.90 Å². The summed E-state index contributed by atoms with van der Waals surface area (Å²) in [4.78, 5) is 17.6. The van der Waals surface area contributed by atoms with Gasteiger partial charge < -0.3 is 29.3 Å². The minimum Gasteiger partial charge on any atom is -0.463 e. The van der Waals surface area contributed by atoms with Crippen LogP contribution >= 0.6 is 0 Å². The molecular weight excluding hydrogens is 430 g/mol. The van der Waals surface area contributed by atoms with E-state index < -0.39 is 6.23 Å². The van der Waals surface area contributed by atoms with Gasteiger partial charge in [-0.25, -0.2) is 0 Å². The zero-order chi connectivity index (χ0) is 23.7. The molecule has 1 unspecified atom stereocenters. The van der Waals surface area contributed by atoms with Crippen molar-refractivity contribution in [3.63, 3.8) is 0 Å². The van der Waals surface area contributed by atoms with Gasteiger partial charge in [-0.3, -0.25) is 4.79 Å². The highest BCUT2D eigenvalue weighted by atomic mass is 16.7. The number of fused-ring (bicyclic) bond motifs is 1. The highest BCUT2D eigenvalue weighted by molar-refractivity contribution is 6.09. The summed E-state index contributed by atoms with van der Waals surface area (Å²) in [6.07, 6.45) is -0.459. The van der Waals surface area contributed by atoms with Gasteiger partial charge in [0.2, 0.25) is 6.79 Å². The maximum absolute atomic E-state index is 13.9. The largest absolute Gasteiger partial charge is 0.463 e. The molecule has 7 nitrogen and oxygen atoms in total. The molecule has 0 saturated heterocycles. The number of rotatable bonds is 6. The highest BCUT2D eigenvalue weighted by Gasteiger charge is 2.34. The Morgan fingerprint density at radius 2 is 1.65 bits per heavy atom. The number of carbonyl (C=O) groups excluding carboxylic acids is 1. The third-order valence-electron chi connectivity index (χ3n) is 5.93. The number of ether oxygens (including phenoxy) is 3. The van der Waals surface area contributed by atoms with Crippen LogP contribution in [0.15, 0.2) is 78.5 Å². The zero-order valence-electron chi connectivity index (χ0n) is 19.4. The molecule has 0 radical (unpaired) electrons. The van der Waals surface area contributed by atoms with Crippen molar-refractivity contribution in [3.8, 4) is 11.5 Å². The molecule has 2 heterocycles. The van der Waals surface area contributed by atoms with E-state index in [1.165, 1.54) is 0 Å². The molecule has 7 heteroatoms. The number of carbonyl (C=O) groups is 1. The number of amides is 1. The Balaban J connectivity index is 1.52. The molecule has 0 aromatic heterocycles. The number of benzene rings is 3. The molecule has 1 atom stereocenters. The number of nitrogens with one attached hydrogen (secondary N) is 1. The topological polar surface area (TPSA) is 63.3 Å². The van der Waals surface area contributed by atoms with Gasteiger partial charge >= 0.3 is 0 Å². The number of nitrogens with zero attached hydrogens (tertiary/aromatic N) is 2. The number of likely N-dealkylation sites (N-methyl/N-ethyl adjacent to an activating group) is 1. The summed E-state index contributed by atoms with van der Waals surface area (Å²) in [6, 6.07) is 23.3. The Kier molecular flexibility index (Phi) is 5.76. The van der Waals surface area contributed by atoms with Gasteiger partial charge in [0.05, 0.1) is 0 Å². The van der Waals surface area contributed by atoms with Crippen LogP contribution in [0.5, 0.6) is 11.5 Å². The van der Waals surface area contributed by atoms with E-state index in [4.69, 9.17) is 14.2 Å². The normalized spacial score (nSPS) is 16.1. The number of anilines is 2. The molecule has 0 spiro atoms. The molecule has 0 bridgehead atoms. The summed E-state index contributed by atoms with van der Waals surface area (Å²) in [5.74, 6) is 1.67. The van der Waals surface area contributed by atoms with Gasteiger partial charge in [-0.15, -0.1) is 0 Å². The molecule has 0 saturated carbocycles. The third-order valence-corrected chi connectivity index (χ3v) is 5.93. The fourth-order valence-corrected chi connectivity index (χ4v) is 4.10. The summed E-state index contributed by atoms with van der Waals surface area (Å²) in [7, 11) is 3.99. The average Bonchev–Trinajstić information content (AvgIpc) is 3.52. The monoisotopic (exact) mass is 457 g/mol. The van der Waals surface area contributed by atoms with Gasteiger partial charge in [0, 0.05) is 49.2 Å². The predicted molar refractivity (Wildman–Crippen MR) is 132 cm³/mol. The van der Waals surface area contributed by atoms with E-state index >= 15 is 0 Å². The van der Waals surface area contributed by atoms with Crippen LogP contribution in [0.4, 0.5) is 11.4 Å². The van der Waals surface area contributed by atoms with Gasteiger partial charge in [-0.05, 0) is 43.3 Å². The molecule has 1 amide bonds. The van der Waals surface area contributed by atoms with Gasteiger partial charge in [0.15, 0.2) is 23.5 Å². The van der Waals surface area contributed by atoms with Crippen LogP contribution in [0.25, 0.3) is 5.76 Å². The van der Waals surface area contributed by atoms with E-state index in [0.717, 1.165) is 22.5 Å². The molecule has 0 aliphatic carbocycles. The Morgan fingerprint density at radius 1 is 0.941 bits per heavy atom. The van der Waals surface area contributed by atoms with E-state index in [-0.39, 0.29) is 12.7 Å². The minimum atomic E-state index is -0.459. The maximum Gasteiger partial charge on any atom is 0.278 e. The first-order valence-corrected chi connectivity index (χ1v) is 11.3. The van der Waals surface area contributed by atoms with Crippen LogP contribution < -0.4 is 24.6 Å². The molecule has 1 N–H and O–H groups in total. The van der Waals surface area contributed by atoms with Gasteiger partial charge in [0.25, 0.3) is 5.91 Å². The molecule has 2 aliphatic rings. The molecular formula is C27H27N3O4. The summed E-state index contributed by atoms with van der Waals surface area (Å²) >= 11 is 0. The van der Waals surface area contributed by atoms with Crippen LogP contribution in [0.2, 0.25) is 0 Å². The lowest BCUT2D eigenvalue weighted by molar-refractivity contribution is -0.115. The van der Waals surface area contributed by atoms with E-state index in [9.17, 15) is 4.79 Å². The Labute approximate surface area is 199 Å². The number of hydrogen-bond donors (Lipinski definition) is 1. The van der Waals surface area contributed by atoms with Crippen LogP contribution in [0.1, 0.15) is 24.3 Å². The van der Waals surface area contributed by atoms with Crippen molar-refractivity contribution in [3.05, 3.63) is 89.6 Å². The lowest BCUT2D eigenvalue weighted by Gasteiger charge is -2.22. The standard InChI is InChI=1S/C27H27N3O4/c1-4-30(21-14-15-22-23(16-21)33-17-32-22)27(31)24-25(18-10-12-20(13-11-18)29(2)3)34-26(28-24)19-8-6-5-7-9-19/h5-16,26,28H,4,17H2,1-3H3. The lowest BCUT2D eigenvalue weighted by Crippen LogP contribution is -2.36. The Morgan fingerprint density at radius 3 is 2.35 bits per heavy atom. The van der Waals surface area contributed by atoms with Crippen molar-refractivity contribution in [2.45, 2.75) is 13.2 Å². The molecule has 3 aromatic rings. The van der Waals surface area contributed by atoms with Crippen molar-refractivity contribution in [1.82, 2.24) is 5.32 Å². The van der Waals surface area contributed by atoms with Gasteiger partial charge in [-0.2, -0.15) is 0 Å². The first-order valence-electron chi connectivity index (χ1n) is 11.3. The van der Waals surface area contributed by atoms with Crippen molar-refractivity contribution in [1.29, 1.82) is 0 Å². The number of hydrogen-bond acceptors (Lipinski definition) is 6. The second kappa shape index (κ2) is 9.02. The zero-order valence-corrected chi connectivity index (χ0v) is 19.4. The molecule has 2 aliphatic heterocycles. The molecule has 34 heavy (non-hydrogen) atoms. The maximum atomic E-state index is 13.9. The average molecular weight is 458 g/mol. The quantitative estimate of drug-likeness (QED) is 0.587. The van der Waals surface area contributed by atoms with Crippen LogP contribution in [0, 0.1) is 0 Å². The molecule has 3 aromatic carbocycles. The predicted octanol–water partition coefficient (Wildman–Crippen LogP) is 4.52. The van der Waals surface area contributed by atoms with E-state index in [1.807, 2.05) is 98.7 Å².